The van der Waals surface area contributed by atoms with Crippen LogP contribution in [0.3, 0.4) is 0 Å². The zero-order valence-electron chi connectivity index (χ0n) is 21.1. The van der Waals surface area contributed by atoms with Gasteiger partial charge in [0.15, 0.2) is 5.82 Å². The van der Waals surface area contributed by atoms with Crippen molar-refractivity contribution in [3.8, 4) is 16.9 Å². The van der Waals surface area contributed by atoms with E-state index in [0.29, 0.717) is 46.4 Å². The number of nitrogens with zero attached hydrogens (tertiary/aromatic N) is 2. The first-order valence-corrected chi connectivity index (χ1v) is 13.3. The number of halogens is 1. The number of aromatic amines is 1. The first kappa shape index (κ1) is 25.9. The molecule has 38 heavy (non-hydrogen) atoms. The van der Waals surface area contributed by atoms with Gasteiger partial charge < -0.3 is 20.4 Å². The highest BCUT2D eigenvalue weighted by molar-refractivity contribution is 6.99. The lowest BCUT2D eigenvalue weighted by molar-refractivity contribution is -0.119. The van der Waals surface area contributed by atoms with Crippen molar-refractivity contribution in [3.05, 3.63) is 68.1 Å². The number of benzene rings is 2. The Morgan fingerprint density at radius 3 is 2.61 bits per heavy atom. The number of aryl methyl sites for hydroxylation is 2. The highest BCUT2D eigenvalue weighted by Gasteiger charge is 2.23. The number of rotatable bonds is 7. The van der Waals surface area contributed by atoms with Crippen molar-refractivity contribution in [2.75, 3.05) is 11.9 Å². The summed E-state index contributed by atoms with van der Waals surface area (Å²) in [6.07, 6.45) is 3.28. The number of hydrogen-bond acceptors (Lipinski definition) is 7. The molecule has 3 N–H and O–H groups in total. The third-order valence-electron chi connectivity index (χ3n) is 6.92. The van der Waals surface area contributed by atoms with Gasteiger partial charge in [-0.2, -0.15) is 8.75 Å². The normalized spacial score (nSPS) is 15.1. The monoisotopic (exact) mass is 551 g/mol. The molecule has 1 saturated heterocycles. The summed E-state index contributed by atoms with van der Waals surface area (Å²) in [6, 6.07) is 7.10. The molecule has 0 unspecified atom stereocenters. The molecule has 1 fully saturated rings. The summed E-state index contributed by atoms with van der Waals surface area (Å²) in [7, 11) is 0. The predicted molar refractivity (Wildman–Crippen MR) is 148 cm³/mol. The third-order valence-corrected chi connectivity index (χ3v) is 7.71. The minimum atomic E-state index is -0.459. The molecule has 0 bridgehead atoms. The van der Waals surface area contributed by atoms with E-state index in [4.69, 9.17) is 16.3 Å². The number of H-pyrrole nitrogens is 1. The van der Waals surface area contributed by atoms with Gasteiger partial charge in [-0.05, 0) is 61.6 Å². The molecule has 2 amide bonds. The largest absolute Gasteiger partial charge is 0.492 e. The Hall–Kier alpha value is -3.76. The molecule has 3 heterocycles. The van der Waals surface area contributed by atoms with Gasteiger partial charge in [0.05, 0.1) is 46.2 Å². The average molecular weight is 552 g/mol. The summed E-state index contributed by atoms with van der Waals surface area (Å²) in [5, 5.41) is 6.34. The van der Waals surface area contributed by atoms with E-state index < -0.39 is 5.91 Å². The van der Waals surface area contributed by atoms with Crippen molar-refractivity contribution in [3.63, 3.8) is 0 Å². The molecule has 2 aromatic carbocycles. The number of carbonyl (C=O) groups is 2. The van der Waals surface area contributed by atoms with Crippen molar-refractivity contribution >= 4 is 51.9 Å². The van der Waals surface area contributed by atoms with Crippen LogP contribution in [-0.4, -0.2) is 38.2 Å². The van der Waals surface area contributed by atoms with Gasteiger partial charge in [0.25, 0.3) is 11.5 Å². The maximum absolute atomic E-state index is 13.4. The highest BCUT2D eigenvalue weighted by atomic mass is 35.5. The maximum atomic E-state index is 13.4. The van der Waals surface area contributed by atoms with E-state index in [0.717, 1.165) is 34.8 Å². The lowest BCUT2D eigenvalue weighted by Crippen LogP contribution is -2.27. The number of amides is 2. The van der Waals surface area contributed by atoms with Gasteiger partial charge in [-0.3, -0.25) is 14.4 Å². The SMILES string of the molecule is Cc1cc(-c2c(OCC[C@@H]3CCC(=O)N3)c3cc(C(=O)Nc4cnsn4)c(Cl)cc3[nH]c2=O)cc(C)c1C. The summed E-state index contributed by atoms with van der Waals surface area (Å²) in [5.41, 5.74) is 4.65. The Bertz CT molecular complexity index is 1590. The number of ether oxygens (including phenoxy) is 1. The summed E-state index contributed by atoms with van der Waals surface area (Å²) in [4.78, 5) is 41.0. The van der Waals surface area contributed by atoms with Crippen molar-refractivity contribution in [1.29, 1.82) is 0 Å². The molecular formula is C27H26ClN5O4S. The van der Waals surface area contributed by atoms with E-state index >= 15 is 0 Å². The van der Waals surface area contributed by atoms with Crippen LogP contribution < -0.4 is 20.9 Å². The molecule has 0 aliphatic carbocycles. The quantitative estimate of drug-likeness (QED) is 0.299. The second kappa shape index (κ2) is 10.5. The van der Waals surface area contributed by atoms with Crippen LogP contribution in [0.5, 0.6) is 5.75 Å². The Morgan fingerprint density at radius 2 is 1.95 bits per heavy atom. The molecule has 0 radical (unpaired) electrons. The molecule has 5 rings (SSSR count). The maximum Gasteiger partial charge on any atom is 0.260 e. The molecule has 1 aliphatic heterocycles. The molecule has 0 saturated carbocycles. The van der Waals surface area contributed by atoms with Gasteiger partial charge in [0.1, 0.15) is 5.75 Å². The predicted octanol–water partition coefficient (Wildman–Crippen LogP) is 4.93. The second-order valence-electron chi connectivity index (χ2n) is 9.46. The second-order valence-corrected chi connectivity index (χ2v) is 10.4. The molecule has 196 valence electrons. The van der Waals surface area contributed by atoms with Crippen molar-refractivity contribution in [2.24, 2.45) is 0 Å². The van der Waals surface area contributed by atoms with Crippen molar-refractivity contribution in [1.82, 2.24) is 19.0 Å². The number of carbonyl (C=O) groups excluding carboxylic acids is 2. The van der Waals surface area contributed by atoms with Crippen LogP contribution in [0.25, 0.3) is 22.0 Å². The highest BCUT2D eigenvalue weighted by Crippen LogP contribution is 2.37. The number of pyridine rings is 1. The fourth-order valence-electron chi connectivity index (χ4n) is 4.65. The van der Waals surface area contributed by atoms with Gasteiger partial charge >= 0.3 is 0 Å². The van der Waals surface area contributed by atoms with Crippen LogP contribution in [0.1, 0.15) is 46.3 Å². The van der Waals surface area contributed by atoms with Crippen LogP contribution in [-0.2, 0) is 4.79 Å². The van der Waals surface area contributed by atoms with Gasteiger partial charge in [0.2, 0.25) is 5.91 Å². The molecule has 1 aliphatic rings. The van der Waals surface area contributed by atoms with E-state index in [9.17, 15) is 14.4 Å². The van der Waals surface area contributed by atoms with Gasteiger partial charge in [-0.15, -0.1) is 0 Å². The number of hydrogen-bond donors (Lipinski definition) is 3. The molecule has 4 aromatic rings. The van der Waals surface area contributed by atoms with Crippen molar-refractivity contribution < 1.29 is 14.3 Å². The minimum absolute atomic E-state index is 0.0191. The lowest BCUT2D eigenvalue weighted by Gasteiger charge is -2.18. The van der Waals surface area contributed by atoms with Crippen LogP contribution in [0.2, 0.25) is 5.02 Å². The number of nitrogens with one attached hydrogen (secondary N) is 3. The van der Waals surface area contributed by atoms with Gasteiger partial charge in [-0.1, -0.05) is 23.7 Å². The fourth-order valence-corrected chi connectivity index (χ4v) is 5.28. The van der Waals surface area contributed by atoms with E-state index in [1.54, 1.807) is 12.1 Å². The smallest absolute Gasteiger partial charge is 0.260 e. The molecule has 1 atom stereocenters. The van der Waals surface area contributed by atoms with Crippen LogP contribution in [0.4, 0.5) is 5.82 Å². The lowest BCUT2D eigenvalue weighted by atomic mass is 9.95. The number of anilines is 1. The van der Waals surface area contributed by atoms with Crippen LogP contribution in [0.15, 0.2) is 35.3 Å². The molecule has 9 nitrogen and oxygen atoms in total. The van der Waals surface area contributed by atoms with E-state index in [1.807, 2.05) is 32.9 Å². The summed E-state index contributed by atoms with van der Waals surface area (Å²) in [6.45, 7) is 6.31. The van der Waals surface area contributed by atoms with Crippen LogP contribution in [0, 0.1) is 20.8 Å². The Balaban J connectivity index is 1.62. The fraction of sp³-hybridized carbons (Fsp3) is 0.296. The molecule has 0 spiro atoms. The number of fused-ring (bicyclic) bond motifs is 1. The van der Waals surface area contributed by atoms with Gasteiger partial charge in [-0.25, -0.2) is 0 Å². The van der Waals surface area contributed by atoms with Crippen LogP contribution >= 0.6 is 23.3 Å². The zero-order chi connectivity index (χ0) is 27.0. The van der Waals surface area contributed by atoms with E-state index in [-0.39, 0.29) is 34.7 Å². The standard InChI is InChI=1S/C27H26ClN5O4S/c1-13-8-16(9-14(2)15(13)3)24-25(37-7-6-17-4-5-23(34)30-17)19-10-18(20(28)11-21(19)31-27(24)36)26(35)32-22-12-29-38-33-22/h8-12,17H,4-7H2,1-3H3,(H,30,34)(H,31,36)(H,32,33,35)/t17-/m0/s1. The van der Waals surface area contributed by atoms with Crippen molar-refractivity contribution in [2.45, 2.75) is 46.1 Å². The average Bonchev–Trinajstić information content (AvgIpc) is 3.53. The Labute approximate surface area is 227 Å². The summed E-state index contributed by atoms with van der Waals surface area (Å²) >= 11 is 7.44. The summed E-state index contributed by atoms with van der Waals surface area (Å²) < 4.78 is 14.2. The number of aromatic nitrogens is 3. The molecule has 11 heteroatoms. The Morgan fingerprint density at radius 1 is 1.18 bits per heavy atom. The first-order chi connectivity index (χ1) is 18.2. The zero-order valence-corrected chi connectivity index (χ0v) is 22.7. The van der Waals surface area contributed by atoms with E-state index in [2.05, 4.69) is 24.4 Å². The molecular weight excluding hydrogens is 526 g/mol. The first-order valence-electron chi connectivity index (χ1n) is 12.2. The molecule has 2 aromatic heterocycles. The van der Waals surface area contributed by atoms with E-state index in [1.165, 1.54) is 6.20 Å². The minimum Gasteiger partial charge on any atom is -0.492 e. The topological polar surface area (TPSA) is 126 Å². The van der Waals surface area contributed by atoms with Gasteiger partial charge in [0, 0.05) is 24.3 Å². The third kappa shape index (κ3) is 5.14. The Kier molecular flexibility index (Phi) is 7.18. The summed E-state index contributed by atoms with van der Waals surface area (Å²) in [5.74, 6) is 0.248.